The van der Waals surface area contributed by atoms with E-state index in [-0.39, 0.29) is 33.8 Å². The van der Waals surface area contributed by atoms with Crippen LogP contribution in [-0.4, -0.2) is 40.0 Å². The molecule has 0 amide bonds. The van der Waals surface area contributed by atoms with Gasteiger partial charge in [-0.15, -0.1) is 0 Å². The minimum atomic E-state index is -0.369. The van der Waals surface area contributed by atoms with Gasteiger partial charge in [0.15, 0.2) is 0 Å². The second-order valence-corrected chi connectivity index (χ2v) is 5.10. The minimum Gasteiger partial charge on any atom is -0.496 e. The van der Waals surface area contributed by atoms with Crippen LogP contribution in [0, 0.1) is 0 Å². The molecule has 0 aliphatic heterocycles. The molecule has 6 nitrogen and oxygen atoms in total. The highest BCUT2D eigenvalue weighted by atomic mass is 16.5. The third-order valence-corrected chi connectivity index (χ3v) is 4.05. The summed E-state index contributed by atoms with van der Waals surface area (Å²) in [6.45, 7) is 0. The van der Waals surface area contributed by atoms with Crippen LogP contribution in [0.5, 0.6) is 23.0 Å². The quantitative estimate of drug-likeness (QED) is 0.733. The summed E-state index contributed by atoms with van der Waals surface area (Å²) in [4.78, 5) is 26.3. The molecule has 0 radical (unpaired) electrons. The third kappa shape index (κ3) is 2.03. The Bertz CT molecular complexity index is 716. The van der Waals surface area contributed by atoms with Gasteiger partial charge in [-0.05, 0) is 24.3 Å². The van der Waals surface area contributed by atoms with Crippen LogP contribution in [0.4, 0.5) is 0 Å². The smallest absolute Gasteiger partial charge is 0.202 e. The lowest BCUT2D eigenvalue weighted by Gasteiger charge is -2.24. The van der Waals surface area contributed by atoms with Crippen molar-refractivity contribution in [3.05, 3.63) is 46.5 Å². The van der Waals surface area contributed by atoms with Crippen LogP contribution in [0.3, 0.4) is 0 Å². The van der Waals surface area contributed by atoms with E-state index < -0.39 is 0 Å². The van der Waals surface area contributed by atoms with E-state index in [0.29, 0.717) is 23.0 Å². The molecule has 0 atom stereocenters. The molecule has 2 aromatic carbocycles. The van der Waals surface area contributed by atoms with E-state index >= 15 is 0 Å². The van der Waals surface area contributed by atoms with Crippen LogP contribution in [0.1, 0.15) is 31.8 Å². The summed E-state index contributed by atoms with van der Waals surface area (Å²) in [6, 6.07) is 6.39. The highest BCUT2D eigenvalue weighted by Gasteiger charge is 2.39. The van der Waals surface area contributed by atoms with E-state index in [0.717, 1.165) is 0 Å². The van der Waals surface area contributed by atoms with Crippen molar-refractivity contribution in [3.8, 4) is 23.0 Å². The topological polar surface area (TPSA) is 71.1 Å². The van der Waals surface area contributed by atoms with E-state index in [4.69, 9.17) is 18.9 Å². The van der Waals surface area contributed by atoms with Crippen LogP contribution in [-0.2, 0) is 0 Å². The molecule has 0 spiro atoms. The number of fused-ring (bicyclic) bond motifs is 2. The van der Waals surface area contributed by atoms with Crippen molar-refractivity contribution in [2.45, 2.75) is 0 Å². The van der Waals surface area contributed by atoms with Gasteiger partial charge in [0.2, 0.25) is 11.6 Å². The molecule has 0 bridgehead atoms. The Morgan fingerprint density at radius 1 is 0.500 bits per heavy atom. The zero-order valence-electron chi connectivity index (χ0n) is 13.8. The third-order valence-electron chi connectivity index (χ3n) is 4.05. The maximum atomic E-state index is 13.1. The van der Waals surface area contributed by atoms with E-state index in [1.807, 2.05) is 0 Å². The van der Waals surface area contributed by atoms with E-state index in [1.54, 1.807) is 24.3 Å². The minimum absolute atomic E-state index is 0.168. The Labute approximate surface area is 138 Å². The summed E-state index contributed by atoms with van der Waals surface area (Å²) in [5.41, 5.74) is 0.670. The van der Waals surface area contributed by atoms with Gasteiger partial charge in [0.05, 0.1) is 50.7 Å². The molecule has 0 saturated carbocycles. The first-order chi connectivity index (χ1) is 11.6. The summed E-state index contributed by atoms with van der Waals surface area (Å²) in [5, 5.41) is 0. The van der Waals surface area contributed by atoms with Gasteiger partial charge in [-0.2, -0.15) is 0 Å². The largest absolute Gasteiger partial charge is 0.496 e. The van der Waals surface area contributed by atoms with Crippen LogP contribution < -0.4 is 18.9 Å². The Morgan fingerprint density at radius 3 is 0.875 bits per heavy atom. The molecule has 6 heteroatoms. The van der Waals surface area contributed by atoms with Crippen molar-refractivity contribution >= 4 is 11.6 Å². The van der Waals surface area contributed by atoms with Gasteiger partial charge in [-0.1, -0.05) is 0 Å². The average molecular weight is 328 g/mol. The highest BCUT2D eigenvalue weighted by Crippen LogP contribution is 2.43. The normalized spacial score (nSPS) is 12.3. The number of hydrogen-bond donors (Lipinski definition) is 0. The lowest BCUT2D eigenvalue weighted by Crippen LogP contribution is -2.24. The number of carbonyl (C=O) groups is 2. The number of carbonyl (C=O) groups excluding carboxylic acids is 2. The van der Waals surface area contributed by atoms with Gasteiger partial charge in [-0.3, -0.25) is 9.59 Å². The molecule has 0 fully saturated rings. The van der Waals surface area contributed by atoms with Crippen molar-refractivity contribution in [1.29, 1.82) is 0 Å². The van der Waals surface area contributed by atoms with Crippen LogP contribution >= 0.6 is 0 Å². The van der Waals surface area contributed by atoms with Crippen molar-refractivity contribution in [2.75, 3.05) is 28.4 Å². The predicted octanol–water partition coefficient (Wildman–Crippen LogP) is 2.50. The Balaban J connectivity index is 2.42. The van der Waals surface area contributed by atoms with Gasteiger partial charge in [-0.25, -0.2) is 0 Å². The summed E-state index contributed by atoms with van der Waals surface area (Å²) < 4.78 is 21.1. The standard InChI is InChI=1S/C18H16O6/c1-21-9-5-6-10(22-2)14-13(9)17(19)15-11(23-3)7-8-12(24-4)16(15)18(14)20/h5-8H,1-4H3. The van der Waals surface area contributed by atoms with Crippen LogP contribution in [0.25, 0.3) is 0 Å². The molecule has 0 N–H and O–H groups in total. The van der Waals surface area contributed by atoms with Gasteiger partial charge in [0.25, 0.3) is 0 Å². The SMILES string of the molecule is COc1ccc(OC)c2c1C(=O)c1c(OC)ccc(OC)c1C2=O. The molecule has 1 aliphatic carbocycles. The highest BCUT2D eigenvalue weighted by molar-refractivity contribution is 6.32. The van der Waals surface area contributed by atoms with Gasteiger partial charge >= 0.3 is 0 Å². The summed E-state index contributed by atoms with van der Waals surface area (Å²) >= 11 is 0. The zero-order chi connectivity index (χ0) is 17.4. The first kappa shape index (κ1) is 15.9. The molecule has 24 heavy (non-hydrogen) atoms. The number of ether oxygens (including phenoxy) is 4. The maximum absolute atomic E-state index is 13.1. The van der Waals surface area contributed by atoms with E-state index in [9.17, 15) is 9.59 Å². The van der Waals surface area contributed by atoms with Gasteiger partial charge < -0.3 is 18.9 Å². The molecule has 2 aromatic rings. The molecule has 0 saturated heterocycles. The van der Waals surface area contributed by atoms with Crippen LogP contribution in [0.15, 0.2) is 24.3 Å². The zero-order valence-corrected chi connectivity index (χ0v) is 13.8. The lowest BCUT2D eigenvalue weighted by atomic mass is 9.82. The van der Waals surface area contributed by atoms with Crippen molar-refractivity contribution in [1.82, 2.24) is 0 Å². The summed E-state index contributed by atoms with van der Waals surface area (Å²) in [5.74, 6) is 0.482. The average Bonchev–Trinajstić information content (AvgIpc) is 2.63. The van der Waals surface area contributed by atoms with Crippen LogP contribution in [0.2, 0.25) is 0 Å². The Kier molecular flexibility index (Phi) is 3.89. The Morgan fingerprint density at radius 2 is 0.708 bits per heavy atom. The molecule has 0 heterocycles. The number of benzene rings is 2. The maximum Gasteiger partial charge on any atom is 0.202 e. The molecular formula is C18H16O6. The molecule has 124 valence electrons. The molecule has 1 aliphatic rings. The number of rotatable bonds is 4. The van der Waals surface area contributed by atoms with Gasteiger partial charge in [0.1, 0.15) is 23.0 Å². The molecule has 0 unspecified atom stereocenters. The second-order valence-electron chi connectivity index (χ2n) is 5.10. The van der Waals surface area contributed by atoms with Crippen molar-refractivity contribution in [2.24, 2.45) is 0 Å². The first-order valence-corrected chi connectivity index (χ1v) is 7.18. The number of hydrogen-bond acceptors (Lipinski definition) is 6. The predicted molar refractivity (Wildman–Crippen MR) is 86.0 cm³/mol. The van der Waals surface area contributed by atoms with E-state index in [1.165, 1.54) is 28.4 Å². The summed E-state index contributed by atoms with van der Waals surface area (Å²) in [7, 11) is 5.77. The fourth-order valence-corrected chi connectivity index (χ4v) is 2.96. The fourth-order valence-electron chi connectivity index (χ4n) is 2.96. The number of ketones is 2. The molecule has 3 rings (SSSR count). The monoisotopic (exact) mass is 328 g/mol. The van der Waals surface area contributed by atoms with E-state index in [2.05, 4.69) is 0 Å². The molecule has 0 aromatic heterocycles. The fraction of sp³-hybridized carbons (Fsp3) is 0.222. The Hall–Kier alpha value is -3.02. The van der Waals surface area contributed by atoms with Gasteiger partial charge in [0, 0.05) is 0 Å². The first-order valence-electron chi connectivity index (χ1n) is 7.18. The lowest BCUT2D eigenvalue weighted by molar-refractivity contribution is 0.0968. The molecular weight excluding hydrogens is 312 g/mol. The summed E-state index contributed by atoms with van der Waals surface area (Å²) in [6.07, 6.45) is 0. The van der Waals surface area contributed by atoms with Crippen molar-refractivity contribution in [3.63, 3.8) is 0 Å². The second kappa shape index (κ2) is 5.88. The number of methoxy groups -OCH3 is 4. The van der Waals surface area contributed by atoms with Crippen molar-refractivity contribution < 1.29 is 28.5 Å².